The van der Waals surface area contributed by atoms with Crippen LogP contribution in [0.1, 0.15) is 19.3 Å². The predicted molar refractivity (Wildman–Crippen MR) is 68.5 cm³/mol. The number of nitrogens with zero attached hydrogens (tertiary/aromatic N) is 2. The lowest BCUT2D eigenvalue weighted by Crippen LogP contribution is -2.34. The Balaban J connectivity index is 2.00. The number of nitrogens with one attached hydrogen (secondary N) is 1. The number of thiazole rings is 1. The molecule has 4 heteroatoms. The Labute approximate surface area is 98.2 Å². The van der Waals surface area contributed by atoms with E-state index in [1.165, 1.54) is 11.1 Å². The van der Waals surface area contributed by atoms with Gasteiger partial charge in [0.1, 0.15) is 5.84 Å². The van der Waals surface area contributed by atoms with E-state index in [0.717, 1.165) is 36.4 Å². The first-order valence-corrected chi connectivity index (χ1v) is 6.41. The second-order valence-corrected chi connectivity index (χ2v) is 4.95. The second kappa shape index (κ2) is 3.87. The first-order valence-electron chi connectivity index (χ1n) is 5.53. The van der Waals surface area contributed by atoms with E-state index in [4.69, 9.17) is 5.41 Å². The van der Waals surface area contributed by atoms with Crippen molar-refractivity contribution in [2.45, 2.75) is 19.3 Å². The van der Waals surface area contributed by atoms with Crippen molar-refractivity contribution in [3.8, 4) is 0 Å². The summed E-state index contributed by atoms with van der Waals surface area (Å²) in [4.78, 5) is 6.38. The Morgan fingerprint density at radius 1 is 1.31 bits per heavy atom. The van der Waals surface area contributed by atoms with Crippen LogP contribution in [0.3, 0.4) is 0 Å². The molecule has 0 unspecified atom stereocenters. The molecule has 0 atom stereocenters. The smallest absolute Gasteiger partial charge is 0.100 e. The molecule has 0 aliphatic carbocycles. The number of hydrogen-bond acceptors (Lipinski definition) is 3. The van der Waals surface area contributed by atoms with E-state index in [1.54, 1.807) is 11.3 Å². The lowest BCUT2D eigenvalue weighted by molar-refractivity contribution is 0.708. The molecular formula is C12H13N3S. The summed E-state index contributed by atoms with van der Waals surface area (Å²) in [6.45, 7) is 0.975. The number of hydrogen-bond donors (Lipinski definition) is 1. The topological polar surface area (TPSA) is 40.0 Å². The summed E-state index contributed by atoms with van der Waals surface area (Å²) in [5, 5.41) is 7.97. The van der Waals surface area contributed by atoms with Crippen molar-refractivity contribution in [3.63, 3.8) is 0 Å². The van der Waals surface area contributed by atoms with Crippen molar-refractivity contribution in [2.24, 2.45) is 0 Å². The van der Waals surface area contributed by atoms with Crippen molar-refractivity contribution in [1.29, 1.82) is 5.41 Å². The van der Waals surface area contributed by atoms with Gasteiger partial charge < -0.3 is 4.90 Å². The molecule has 1 aromatic carbocycles. The molecule has 3 rings (SSSR count). The molecule has 2 aromatic rings. The molecule has 16 heavy (non-hydrogen) atoms. The van der Waals surface area contributed by atoms with Gasteiger partial charge in [0.2, 0.25) is 0 Å². The minimum Gasteiger partial charge on any atom is -0.330 e. The molecule has 1 N–H and O–H groups in total. The zero-order valence-corrected chi connectivity index (χ0v) is 9.76. The van der Waals surface area contributed by atoms with Gasteiger partial charge in [0.05, 0.1) is 15.7 Å². The number of amidine groups is 1. The average molecular weight is 231 g/mol. The van der Waals surface area contributed by atoms with Crippen LogP contribution in [-0.4, -0.2) is 17.4 Å². The summed E-state index contributed by atoms with van der Waals surface area (Å²) in [5.74, 6) is 0.745. The maximum absolute atomic E-state index is 7.97. The molecule has 0 saturated carbocycles. The van der Waals surface area contributed by atoms with Crippen LogP contribution in [0.15, 0.2) is 23.7 Å². The van der Waals surface area contributed by atoms with Crippen molar-refractivity contribution in [2.75, 3.05) is 11.4 Å². The van der Waals surface area contributed by atoms with Crippen molar-refractivity contribution in [1.82, 2.24) is 4.98 Å². The summed E-state index contributed by atoms with van der Waals surface area (Å²) < 4.78 is 1.20. The van der Waals surface area contributed by atoms with E-state index < -0.39 is 0 Å². The third-order valence-electron chi connectivity index (χ3n) is 3.00. The number of benzene rings is 1. The van der Waals surface area contributed by atoms with E-state index in [-0.39, 0.29) is 0 Å². The van der Waals surface area contributed by atoms with Gasteiger partial charge in [-0.2, -0.15) is 0 Å². The molecule has 1 fully saturated rings. The first-order chi connectivity index (χ1) is 7.84. The Kier molecular flexibility index (Phi) is 2.36. The number of aromatic nitrogens is 1. The number of rotatable bonds is 1. The molecule has 3 nitrogen and oxygen atoms in total. The van der Waals surface area contributed by atoms with Gasteiger partial charge in [-0.3, -0.25) is 5.41 Å². The van der Waals surface area contributed by atoms with Crippen molar-refractivity contribution < 1.29 is 0 Å². The molecule has 1 saturated heterocycles. The SMILES string of the molecule is N=C1CCCCN1c1ccc2ncsc2c1. The zero-order valence-electron chi connectivity index (χ0n) is 8.94. The monoisotopic (exact) mass is 231 g/mol. The lowest BCUT2D eigenvalue weighted by atomic mass is 10.1. The Hall–Kier alpha value is -1.42. The molecule has 0 bridgehead atoms. The molecule has 0 amide bonds. The summed E-state index contributed by atoms with van der Waals surface area (Å²) in [7, 11) is 0. The van der Waals surface area contributed by atoms with Gasteiger partial charge in [-0.15, -0.1) is 11.3 Å². The van der Waals surface area contributed by atoms with Crippen LogP contribution in [0.2, 0.25) is 0 Å². The third-order valence-corrected chi connectivity index (χ3v) is 3.79. The normalized spacial score (nSPS) is 17.0. The lowest BCUT2D eigenvalue weighted by Gasteiger charge is -2.29. The average Bonchev–Trinajstić information content (AvgIpc) is 2.76. The molecule has 0 radical (unpaired) electrons. The highest BCUT2D eigenvalue weighted by Crippen LogP contribution is 2.26. The van der Waals surface area contributed by atoms with Crippen LogP contribution >= 0.6 is 11.3 Å². The summed E-state index contributed by atoms with van der Waals surface area (Å²) >= 11 is 1.66. The summed E-state index contributed by atoms with van der Waals surface area (Å²) in [5.41, 5.74) is 4.06. The van der Waals surface area contributed by atoms with E-state index in [1.807, 2.05) is 11.6 Å². The van der Waals surface area contributed by atoms with Gasteiger partial charge in [-0.05, 0) is 31.0 Å². The van der Waals surface area contributed by atoms with Gasteiger partial charge in [-0.25, -0.2) is 4.98 Å². The maximum atomic E-state index is 7.97. The van der Waals surface area contributed by atoms with Crippen LogP contribution in [0.4, 0.5) is 5.69 Å². The second-order valence-electron chi connectivity index (χ2n) is 4.06. The Morgan fingerprint density at radius 3 is 3.12 bits per heavy atom. The highest BCUT2D eigenvalue weighted by Gasteiger charge is 2.16. The van der Waals surface area contributed by atoms with Crippen LogP contribution in [-0.2, 0) is 0 Å². The van der Waals surface area contributed by atoms with E-state index in [9.17, 15) is 0 Å². The fourth-order valence-electron chi connectivity index (χ4n) is 2.13. The first kappa shape index (κ1) is 9.78. The summed E-state index contributed by atoms with van der Waals surface area (Å²) in [6.07, 6.45) is 3.24. The molecule has 82 valence electrons. The van der Waals surface area contributed by atoms with Crippen LogP contribution in [0.5, 0.6) is 0 Å². The largest absolute Gasteiger partial charge is 0.330 e. The minimum absolute atomic E-state index is 0.745. The number of anilines is 1. The third kappa shape index (κ3) is 1.59. The minimum atomic E-state index is 0.745. The highest BCUT2D eigenvalue weighted by molar-refractivity contribution is 7.16. The molecule has 0 spiro atoms. The predicted octanol–water partition coefficient (Wildman–Crippen LogP) is 3.26. The maximum Gasteiger partial charge on any atom is 0.100 e. The molecular weight excluding hydrogens is 218 g/mol. The standard InChI is InChI=1S/C12H13N3S/c13-12-3-1-2-6-15(12)9-4-5-10-11(7-9)16-8-14-10/h4-5,7-8,13H,1-3,6H2. The number of fused-ring (bicyclic) bond motifs is 1. The zero-order chi connectivity index (χ0) is 11.0. The van der Waals surface area contributed by atoms with Gasteiger partial charge in [0.15, 0.2) is 0 Å². The van der Waals surface area contributed by atoms with Gasteiger partial charge in [0.25, 0.3) is 0 Å². The quantitative estimate of drug-likeness (QED) is 0.818. The van der Waals surface area contributed by atoms with Crippen molar-refractivity contribution >= 4 is 33.1 Å². The van der Waals surface area contributed by atoms with Gasteiger partial charge >= 0.3 is 0 Å². The molecule has 1 aromatic heterocycles. The van der Waals surface area contributed by atoms with Gasteiger partial charge in [-0.1, -0.05) is 0 Å². The van der Waals surface area contributed by atoms with Crippen LogP contribution in [0, 0.1) is 5.41 Å². The van der Waals surface area contributed by atoms with Gasteiger partial charge in [0, 0.05) is 18.7 Å². The highest BCUT2D eigenvalue weighted by atomic mass is 32.1. The van der Waals surface area contributed by atoms with E-state index in [0.29, 0.717) is 0 Å². The van der Waals surface area contributed by atoms with Crippen LogP contribution < -0.4 is 4.90 Å². The fourth-order valence-corrected chi connectivity index (χ4v) is 2.84. The summed E-state index contributed by atoms with van der Waals surface area (Å²) in [6, 6.07) is 6.26. The van der Waals surface area contributed by atoms with Crippen LogP contribution in [0.25, 0.3) is 10.2 Å². The van der Waals surface area contributed by atoms with E-state index >= 15 is 0 Å². The Morgan fingerprint density at radius 2 is 2.25 bits per heavy atom. The van der Waals surface area contributed by atoms with Crippen molar-refractivity contribution in [3.05, 3.63) is 23.7 Å². The number of piperidine rings is 1. The molecule has 1 aliphatic rings. The fraction of sp³-hybridized carbons (Fsp3) is 0.333. The molecule has 2 heterocycles. The van der Waals surface area contributed by atoms with E-state index in [2.05, 4.69) is 22.0 Å². The Bertz CT molecular complexity index is 532. The molecule has 1 aliphatic heterocycles.